The van der Waals surface area contributed by atoms with Gasteiger partial charge in [-0.25, -0.2) is 8.78 Å². The molecule has 4 heteroatoms. The highest BCUT2D eigenvalue weighted by atomic mass is 35.5. The fourth-order valence-electron chi connectivity index (χ4n) is 2.18. The van der Waals surface area contributed by atoms with E-state index in [0.29, 0.717) is 18.7 Å². The molecule has 0 aliphatic rings. The highest BCUT2D eigenvalue weighted by Crippen LogP contribution is 2.21. The van der Waals surface area contributed by atoms with Gasteiger partial charge in [0, 0.05) is 5.88 Å². The third-order valence-electron chi connectivity index (χ3n) is 3.14. The van der Waals surface area contributed by atoms with Crippen LogP contribution in [0.25, 0.3) is 0 Å². The Labute approximate surface area is 127 Å². The van der Waals surface area contributed by atoms with E-state index in [1.807, 2.05) is 6.07 Å². The monoisotopic (exact) mass is 314 g/mol. The van der Waals surface area contributed by atoms with E-state index < -0.39 is 5.82 Å². The maximum atomic E-state index is 13.4. The molecule has 2 aromatic carbocycles. The van der Waals surface area contributed by atoms with Gasteiger partial charge in [0.2, 0.25) is 0 Å². The summed E-state index contributed by atoms with van der Waals surface area (Å²) in [5.74, 6) is -0.128. The molecule has 2 rings (SSSR count). The van der Waals surface area contributed by atoms with E-state index in [2.05, 4.69) is 0 Å². The molecule has 106 valence electrons. The molecule has 2 aromatic rings. The van der Waals surface area contributed by atoms with Gasteiger partial charge in [-0.15, -0.1) is 11.6 Å². The third kappa shape index (κ3) is 4.19. The summed E-state index contributed by atoms with van der Waals surface area (Å²) in [6.45, 7) is 0. The Bertz CT molecular complexity index is 584. The Morgan fingerprint density at radius 1 is 0.950 bits per heavy atom. The summed E-state index contributed by atoms with van der Waals surface area (Å²) < 4.78 is 26.5. The van der Waals surface area contributed by atoms with Gasteiger partial charge in [-0.2, -0.15) is 0 Å². The van der Waals surface area contributed by atoms with Crippen molar-refractivity contribution in [3.8, 4) is 0 Å². The first-order valence-corrected chi connectivity index (χ1v) is 7.24. The van der Waals surface area contributed by atoms with Crippen LogP contribution in [0, 0.1) is 17.6 Å². The molecule has 1 unspecified atom stereocenters. The van der Waals surface area contributed by atoms with E-state index in [1.165, 1.54) is 18.2 Å². The largest absolute Gasteiger partial charge is 0.207 e. The maximum absolute atomic E-state index is 13.4. The maximum Gasteiger partial charge on any atom is 0.142 e. The fraction of sp³-hybridized carbons (Fsp3) is 0.250. The van der Waals surface area contributed by atoms with Crippen LogP contribution < -0.4 is 0 Å². The standard InChI is InChI=1S/C16H14Cl2F2/c17-10-13(6-11-2-1-3-14(19)8-11)7-12-4-5-15(18)16(20)9-12/h1-5,8-9,13H,6-7,10H2. The molecule has 0 saturated heterocycles. The molecule has 0 bridgehead atoms. The summed E-state index contributed by atoms with van der Waals surface area (Å²) in [6.07, 6.45) is 1.29. The number of hydrogen-bond donors (Lipinski definition) is 0. The van der Waals surface area contributed by atoms with Gasteiger partial charge in [0.1, 0.15) is 11.6 Å². The molecule has 0 radical (unpaired) electrons. The molecule has 1 atom stereocenters. The van der Waals surface area contributed by atoms with Crippen molar-refractivity contribution in [2.24, 2.45) is 5.92 Å². The smallest absolute Gasteiger partial charge is 0.142 e. The molecule has 0 aliphatic heterocycles. The van der Waals surface area contributed by atoms with Crippen LogP contribution >= 0.6 is 23.2 Å². The van der Waals surface area contributed by atoms with Crippen LogP contribution in [-0.4, -0.2) is 5.88 Å². The van der Waals surface area contributed by atoms with E-state index in [-0.39, 0.29) is 16.8 Å². The van der Waals surface area contributed by atoms with Gasteiger partial charge in [0.15, 0.2) is 0 Å². The van der Waals surface area contributed by atoms with E-state index in [1.54, 1.807) is 18.2 Å². The first-order chi connectivity index (χ1) is 9.58. The summed E-state index contributed by atoms with van der Waals surface area (Å²) in [5.41, 5.74) is 1.74. The number of alkyl halides is 1. The van der Waals surface area contributed by atoms with Crippen LogP contribution in [0.2, 0.25) is 5.02 Å². The molecule has 0 amide bonds. The molecule has 0 spiro atoms. The van der Waals surface area contributed by atoms with Crippen molar-refractivity contribution >= 4 is 23.2 Å². The SMILES string of the molecule is Fc1cccc(CC(CCl)Cc2ccc(Cl)c(F)c2)c1. The van der Waals surface area contributed by atoms with Crippen molar-refractivity contribution in [3.63, 3.8) is 0 Å². The predicted molar refractivity (Wildman–Crippen MR) is 79.4 cm³/mol. The highest BCUT2D eigenvalue weighted by molar-refractivity contribution is 6.30. The second-order valence-corrected chi connectivity index (χ2v) is 5.52. The van der Waals surface area contributed by atoms with Crippen LogP contribution in [-0.2, 0) is 12.8 Å². The van der Waals surface area contributed by atoms with E-state index in [0.717, 1.165) is 11.1 Å². The minimum Gasteiger partial charge on any atom is -0.207 e. The summed E-state index contributed by atoms with van der Waals surface area (Å²) >= 11 is 11.6. The lowest BCUT2D eigenvalue weighted by Gasteiger charge is -2.14. The Balaban J connectivity index is 2.07. The quantitative estimate of drug-likeness (QED) is 0.660. The van der Waals surface area contributed by atoms with Crippen molar-refractivity contribution in [2.75, 3.05) is 5.88 Å². The zero-order valence-corrected chi connectivity index (χ0v) is 12.3. The molecule has 0 saturated carbocycles. The molecular formula is C16H14Cl2F2. The van der Waals surface area contributed by atoms with Crippen LogP contribution in [0.5, 0.6) is 0 Å². The summed E-state index contributed by atoms with van der Waals surface area (Å²) in [6, 6.07) is 11.2. The molecule has 0 aliphatic carbocycles. The first-order valence-electron chi connectivity index (χ1n) is 6.33. The minimum absolute atomic E-state index is 0.112. The van der Waals surface area contributed by atoms with Crippen LogP contribution in [0.3, 0.4) is 0 Å². The van der Waals surface area contributed by atoms with Gasteiger partial charge in [-0.3, -0.25) is 0 Å². The average Bonchev–Trinajstić information content (AvgIpc) is 2.42. The molecular weight excluding hydrogens is 301 g/mol. The van der Waals surface area contributed by atoms with Gasteiger partial charge in [0.05, 0.1) is 5.02 Å². The van der Waals surface area contributed by atoms with Crippen molar-refractivity contribution in [2.45, 2.75) is 12.8 Å². The van der Waals surface area contributed by atoms with Crippen LogP contribution in [0.1, 0.15) is 11.1 Å². The van der Waals surface area contributed by atoms with Crippen molar-refractivity contribution in [1.29, 1.82) is 0 Å². The van der Waals surface area contributed by atoms with E-state index >= 15 is 0 Å². The normalized spacial score (nSPS) is 12.4. The molecule has 0 aromatic heterocycles. The van der Waals surface area contributed by atoms with Gasteiger partial charge in [-0.05, 0) is 54.2 Å². The average molecular weight is 315 g/mol. The van der Waals surface area contributed by atoms with Gasteiger partial charge >= 0.3 is 0 Å². The first kappa shape index (κ1) is 15.3. The Kier molecular flexibility index (Phi) is 5.38. The molecule has 0 fully saturated rings. The topological polar surface area (TPSA) is 0 Å². The van der Waals surface area contributed by atoms with Crippen molar-refractivity contribution < 1.29 is 8.78 Å². The predicted octanol–water partition coefficient (Wildman–Crippen LogP) is 5.26. The molecule has 0 heterocycles. The zero-order valence-electron chi connectivity index (χ0n) is 10.8. The summed E-state index contributed by atoms with van der Waals surface area (Å²) in [7, 11) is 0. The molecule has 0 nitrogen and oxygen atoms in total. The second kappa shape index (κ2) is 7.05. The second-order valence-electron chi connectivity index (χ2n) is 4.81. The Morgan fingerprint density at radius 2 is 1.65 bits per heavy atom. The van der Waals surface area contributed by atoms with Crippen molar-refractivity contribution in [1.82, 2.24) is 0 Å². The van der Waals surface area contributed by atoms with E-state index in [4.69, 9.17) is 23.2 Å². The van der Waals surface area contributed by atoms with Crippen molar-refractivity contribution in [3.05, 3.63) is 70.2 Å². The van der Waals surface area contributed by atoms with Gasteiger partial charge < -0.3 is 0 Å². The third-order valence-corrected chi connectivity index (χ3v) is 3.88. The fourth-order valence-corrected chi connectivity index (χ4v) is 2.51. The lowest BCUT2D eigenvalue weighted by atomic mass is 9.94. The highest BCUT2D eigenvalue weighted by Gasteiger charge is 2.11. The van der Waals surface area contributed by atoms with Crippen LogP contribution in [0.15, 0.2) is 42.5 Å². The number of rotatable bonds is 5. The molecule has 0 N–H and O–H groups in total. The number of benzene rings is 2. The summed E-state index contributed by atoms with van der Waals surface area (Å²) in [5, 5.41) is 0.112. The van der Waals surface area contributed by atoms with E-state index in [9.17, 15) is 8.78 Å². The van der Waals surface area contributed by atoms with Gasteiger partial charge in [0.25, 0.3) is 0 Å². The zero-order chi connectivity index (χ0) is 14.5. The minimum atomic E-state index is -0.428. The molecule has 20 heavy (non-hydrogen) atoms. The number of halogens is 4. The number of hydrogen-bond acceptors (Lipinski definition) is 0. The van der Waals surface area contributed by atoms with Crippen LogP contribution in [0.4, 0.5) is 8.78 Å². The Morgan fingerprint density at radius 3 is 2.25 bits per heavy atom. The lowest BCUT2D eigenvalue weighted by molar-refractivity contribution is 0.571. The van der Waals surface area contributed by atoms with Gasteiger partial charge in [-0.1, -0.05) is 29.8 Å². The Hall–Kier alpha value is -1.12. The lowest BCUT2D eigenvalue weighted by Crippen LogP contribution is -2.10. The summed E-state index contributed by atoms with van der Waals surface area (Å²) in [4.78, 5) is 0.